The summed E-state index contributed by atoms with van der Waals surface area (Å²) in [5.74, 6) is 0.153. The van der Waals surface area contributed by atoms with Crippen molar-refractivity contribution in [2.75, 3.05) is 19.0 Å². The van der Waals surface area contributed by atoms with Gasteiger partial charge in [0.2, 0.25) is 5.91 Å². The largest absolute Gasteiger partial charge is 0.495 e. The number of hydrogen-bond donors (Lipinski definition) is 2. The first-order valence-corrected chi connectivity index (χ1v) is 13.6. The minimum Gasteiger partial charge on any atom is -0.495 e. The van der Waals surface area contributed by atoms with Gasteiger partial charge in [-0.25, -0.2) is 4.39 Å². The Hall–Kier alpha value is -3.95. The van der Waals surface area contributed by atoms with Gasteiger partial charge in [-0.15, -0.1) is 0 Å². The van der Waals surface area contributed by atoms with Gasteiger partial charge in [0.1, 0.15) is 11.6 Å². The zero-order chi connectivity index (χ0) is 28.4. The minimum absolute atomic E-state index is 0.186. The molecule has 1 aliphatic rings. The van der Waals surface area contributed by atoms with Crippen molar-refractivity contribution in [2.24, 2.45) is 0 Å². The fourth-order valence-electron chi connectivity index (χ4n) is 5.26. The number of nitrogens with one attached hydrogen (secondary N) is 2. The Morgan fingerprint density at radius 1 is 1.15 bits per heavy atom. The number of hydrogen-bond acceptors (Lipinski definition) is 4. The summed E-state index contributed by atoms with van der Waals surface area (Å²) in [6.07, 6.45) is 1.95. The van der Waals surface area contributed by atoms with Crippen molar-refractivity contribution < 1.29 is 13.9 Å². The molecule has 2 aromatic heterocycles. The number of anilines is 1. The lowest BCUT2D eigenvalue weighted by atomic mass is 9.96. The standard InChI is InChI=1S/C30H29ClFN5O2S/c1-18-16-23(19(2)37(18)25-17-20(31)7-12-26(25)39-3)29-28(24-6-4-5-14-33-24)35-30(40)36(29)15-13-27(38)34-22-10-8-21(32)9-11-22/h4-12,14,16-17,28-29H,13,15H2,1-3H3,(H,34,38)(H,35,40)/t28-,29+/m0/s1. The molecule has 1 aliphatic heterocycles. The van der Waals surface area contributed by atoms with E-state index in [1.807, 2.05) is 42.2 Å². The van der Waals surface area contributed by atoms with Gasteiger partial charge >= 0.3 is 0 Å². The zero-order valence-corrected chi connectivity index (χ0v) is 23.9. The summed E-state index contributed by atoms with van der Waals surface area (Å²) < 4.78 is 21.0. The summed E-state index contributed by atoms with van der Waals surface area (Å²) in [6, 6.07) is 18.7. The summed E-state index contributed by atoms with van der Waals surface area (Å²) in [4.78, 5) is 19.5. The molecule has 40 heavy (non-hydrogen) atoms. The predicted molar refractivity (Wildman–Crippen MR) is 159 cm³/mol. The van der Waals surface area contributed by atoms with Gasteiger partial charge in [0.05, 0.1) is 30.6 Å². The van der Waals surface area contributed by atoms with Crippen LogP contribution < -0.4 is 15.4 Å². The van der Waals surface area contributed by atoms with Crippen LogP contribution in [0, 0.1) is 19.7 Å². The zero-order valence-electron chi connectivity index (χ0n) is 22.3. The van der Waals surface area contributed by atoms with E-state index in [0.717, 1.165) is 28.3 Å². The van der Waals surface area contributed by atoms with Gasteiger partial charge in [-0.1, -0.05) is 17.7 Å². The van der Waals surface area contributed by atoms with Crippen molar-refractivity contribution in [3.63, 3.8) is 0 Å². The minimum atomic E-state index is -0.358. The van der Waals surface area contributed by atoms with Crippen LogP contribution in [0.4, 0.5) is 10.1 Å². The van der Waals surface area contributed by atoms with Gasteiger partial charge in [-0.05, 0) is 92.3 Å². The summed E-state index contributed by atoms with van der Waals surface area (Å²) in [5, 5.41) is 7.42. The topological polar surface area (TPSA) is 71.4 Å². The van der Waals surface area contributed by atoms with Crippen LogP contribution in [0.5, 0.6) is 5.75 Å². The molecule has 1 fully saturated rings. The van der Waals surface area contributed by atoms with Crippen LogP contribution in [-0.4, -0.2) is 39.1 Å². The predicted octanol–water partition coefficient (Wildman–Crippen LogP) is 6.29. The molecule has 10 heteroatoms. The monoisotopic (exact) mass is 577 g/mol. The molecule has 2 atom stereocenters. The third-order valence-corrected chi connectivity index (χ3v) is 7.66. The second-order valence-electron chi connectivity index (χ2n) is 9.60. The third kappa shape index (κ3) is 5.52. The number of ether oxygens (including phenoxy) is 1. The number of carbonyl (C=O) groups excluding carboxylic acids is 1. The fourth-order valence-corrected chi connectivity index (χ4v) is 5.76. The first-order chi connectivity index (χ1) is 19.3. The summed E-state index contributed by atoms with van der Waals surface area (Å²) in [7, 11) is 1.64. The maximum absolute atomic E-state index is 13.3. The van der Waals surface area contributed by atoms with Crippen molar-refractivity contribution in [3.05, 3.63) is 106 Å². The van der Waals surface area contributed by atoms with Crippen LogP contribution in [0.25, 0.3) is 5.69 Å². The fraction of sp³-hybridized carbons (Fsp3) is 0.233. The van der Waals surface area contributed by atoms with Gasteiger partial charge in [0.15, 0.2) is 5.11 Å². The Morgan fingerprint density at radius 3 is 2.62 bits per heavy atom. The van der Waals surface area contributed by atoms with Gasteiger partial charge in [-0.3, -0.25) is 9.78 Å². The van der Waals surface area contributed by atoms with E-state index in [2.05, 4.69) is 33.2 Å². The number of benzene rings is 2. The second kappa shape index (κ2) is 11.7. The molecular formula is C30H29ClFN5O2S. The Bertz CT molecular complexity index is 1540. The molecule has 3 heterocycles. The molecular weight excluding hydrogens is 549 g/mol. The molecule has 2 aromatic carbocycles. The number of amides is 1. The highest BCUT2D eigenvalue weighted by Gasteiger charge is 2.41. The van der Waals surface area contributed by atoms with Crippen LogP contribution in [0.3, 0.4) is 0 Å². The molecule has 206 valence electrons. The molecule has 2 N–H and O–H groups in total. The Morgan fingerprint density at radius 2 is 1.93 bits per heavy atom. The number of carbonyl (C=O) groups is 1. The van der Waals surface area contributed by atoms with E-state index in [1.165, 1.54) is 24.3 Å². The SMILES string of the molecule is COc1ccc(Cl)cc1-n1c(C)cc([C@@H]2[C@H](c3ccccn3)NC(=S)N2CCC(=O)Nc2ccc(F)cc2)c1C. The number of halogens is 2. The van der Waals surface area contributed by atoms with E-state index < -0.39 is 0 Å². The lowest BCUT2D eigenvalue weighted by Crippen LogP contribution is -2.32. The lowest BCUT2D eigenvalue weighted by Gasteiger charge is -2.28. The maximum atomic E-state index is 13.3. The average Bonchev–Trinajstić information content (AvgIpc) is 3.43. The molecule has 1 amide bonds. The number of aryl methyl sites for hydroxylation is 1. The third-order valence-electron chi connectivity index (χ3n) is 7.08. The molecule has 0 aliphatic carbocycles. The molecule has 0 unspecified atom stereocenters. The van der Waals surface area contributed by atoms with Crippen molar-refractivity contribution in [1.82, 2.24) is 19.8 Å². The van der Waals surface area contributed by atoms with Gasteiger partial charge in [0, 0.05) is 41.3 Å². The van der Waals surface area contributed by atoms with Crippen molar-refractivity contribution in [2.45, 2.75) is 32.4 Å². The summed E-state index contributed by atoms with van der Waals surface area (Å²) in [6.45, 7) is 4.46. The second-order valence-corrected chi connectivity index (χ2v) is 10.4. The number of thiocarbonyl (C=S) groups is 1. The highest BCUT2D eigenvalue weighted by Crippen LogP contribution is 2.42. The Balaban J connectivity index is 1.49. The lowest BCUT2D eigenvalue weighted by molar-refractivity contribution is -0.116. The number of methoxy groups -OCH3 is 1. The Labute approximate surface area is 242 Å². The normalized spacial score (nSPS) is 16.6. The number of pyridine rings is 1. The van der Waals surface area contributed by atoms with Crippen LogP contribution in [0.2, 0.25) is 5.02 Å². The van der Waals surface area contributed by atoms with Crippen molar-refractivity contribution in [3.8, 4) is 11.4 Å². The maximum Gasteiger partial charge on any atom is 0.226 e. The van der Waals surface area contributed by atoms with E-state index >= 15 is 0 Å². The van der Waals surface area contributed by atoms with E-state index in [9.17, 15) is 9.18 Å². The Kier molecular flexibility index (Phi) is 8.04. The molecule has 7 nitrogen and oxygen atoms in total. The van der Waals surface area contributed by atoms with E-state index in [4.69, 9.17) is 28.6 Å². The highest BCUT2D eigenvalue weighted by molar-refractivity contribution is 7.80. The van der Waals surface area contributed by atoms with Gasteiger partial charge in [0.25, 0.3) is 0 Å². The number of aromatic nitrogens is 2. The van der Waals surface area contributed by atoms with Crippen LogP contribution in [0.1, 0.15) is 41.1 Å². The van der Waals surface area contributed by atoms with Gasteiger partial charge < -0.3 is 24.8 Å². The smallest absolute Gasteiger partial charge is 0.226 e. The summed E-state index contributed by atoms with van der Waals surface area (Å²) >= 11 is 12.2. The molecule has 0 radical (unpaired) electrons. The van der Waals surface area contributed by atoms with Gasteiger partial charge in [-0.2, -0.15) is 0 Å². The first kappa shape index (κ1) is 27.6. The first-order valence-electron chi connectivity index (χ1n) is 12.8. The van der Waals surface area contributed by atoms with Crippen LogP contribution in [0.15, 0.2) is 72.9 Å². The van der Waals surface area contributed by atoms with Crippen LogP contribution in [-0.2, 0) is 4.79 Å². The number of nitrogens with zero attached hydrogens (tertiary/aromatic N) is 3. The molecule has 0 bridgehead atoms. The quantitative estimate of drug-likeness (QED) is 0.240. The van der Waals surface area contributed by atoms with Crippen molar-refractivity contribution >= 4 is 40.5 Å². The average molecular weight is 578 g/mol. The van der Waals surface area contributed by atoms with E-state index in [0.29, 0.717) is 28.1 Å². The van der Waals surface area contributed by atoms with E-state index in [-0.39, 0.29) is 30.2 Å². The van der Waals surface area contributed by atoms with Crippen molar-refractivity contribution in [1.29, 1.82) is 0 Å². The summed E-state index contributed by atoms with van der Waals surface area (Å²) in [5.41, 5.74) is 5.26. The molecule has 4 aromatic rings. The molecule has 0 spiro atoms. The molecule has 5 rings (SSSR count). The van der Waals surface area contributed by atoms with E-state index in [1.54, 1.807) is 19.4 Å². The van der Waals surface area contributed by atoms with Crippen LogP contribution >= 0.6 is 23.8 Å². The highest BCUT2D eigenvalue weighted by atomic mass is 35.5. The molecule has 1 saturated heterocycles. The molecule has 0 saturated carbocycles. The number of rotatable bonds is 8.